The monoisotopic (exact) mass is 330 g/mol. The molecule has 23 heavy (non-hydrogen) atoms. The van der Waals surface area contributed by atoms with Gasteiger partial charge in [-0.1, -0.05) is 18.5 Å². The normalized spacial score (nSPS) is 15.5. The molecule has 1 aliphatic heterocycles. The second kappa shape index (κ2) is 7.28. The van der Waals surface area contributed by atoms with E-state index in [2.05, 4.69) is 24.1 Å². The van der Waals surface area contributed by atoms with Crippen LogP contribution in [-0.2, 0) is 6.42 Å². The second-order valence-electron chi connectivity index (χ2n) is 5.89. The number of halogens is 1. The van der Waals surface area contributed by atoms with Crippen molar-refractivity contribution in [2.75, 3.05) is 31.1 Å². The Hall–Kier alpha value is -1.65. The highest BCUT2D eigenvalue weighted by Gasteiger charge is 2.18. The van der Waals surface area contributed by atoms with E-state index in [0.29, 0.717) is 0 Å². The Kier molecular flexibility index (Phi) is 5.13. The topological polar surface area (TPSA) is 41.1 Å². The zero-order valence-electron chi connectivity index (χ0n) is 13.8. The first kappa shape index (κ1) is 16.2. The molecule has 0 saturated carbocycles. The summed E-state index contributed by atoms with van der Waals surface area (Å²) in [5, 5.41) is 4.18. The molecule has 1 N–H and O–H groups in total. The molecule has 1 aromatic heterocycles. The van der Waals surface area contributed by atoms with E-state index >= 15 is 0 Å². The quantitative estimate of drug-likeness (QED) is 0.935. The van der Waals surface area contributed by atoms with Gasteiger partial charge in [-0.2, -0.15) is 0 Å². The Bertz CT molecular complexity index is 661. The molecule has 1 aromatic carbocycles. The summed E-state index contributed by atoms with van der Waals surface area (Å²) in [5.74, 6) is 1.87. The van der Waals surface area contributed by atoms with E-state index in [1.54, 1.807) is 0 Å². The molecule has 0 unspecified atom stereocenters. The second-order valence-corrected chi connectivity index (χ2v) is 6.32. The molecule has 0 bridgehead atoms. The molecule has 1 fully saturated rings. The third-order valence-electron chi connectivity index (χ3n) is 4.29. The van der Waals surface area contributed by atoms with Crippen LogP contribution in [0.15, 0.2) is 24.3 Å². The molecule has 122 valence electrons. The van der Waals surface area contributed by atoms with Crippen molar-refractivity contribution in [2.24, 2.45) is 0 Å². The predicted octanol–water partition coefficient (Wildman–Crippen LogP) is 3.47. The SMILES string of the molecule is CCc1c(C)nc(-c2ccc(Cl)cc2)nc1N1CCCNCC1. The number of aromatic nitrogens is 2. The molecule has 0 aliphatic carbocycles. The van der Waals surface area contributed by atoms with E-state index in [1.165, 1.54) is 5.56 Å². The number of hydrogen-bond acceptors (Lipinski definition) is 4. The van der Waals surface area contributed by atoms with Gasteiger partial charge < -0.3 is 10.2 Å². The van der Waals surface area contributed by atoms with Crippen LogP contribution >= 0.6 is 11.6 Å². The molecular weight excluding hydrogens is 308 g/mol. The van der Waals surface area contributed by atoms with Gasteiger partial charge in [0.15, 0.2) is 5.82 Å². The lowest BCUT2D eigenvalue weighted by Gasteiger charge is -2.25. The van der Waals surface area contributed by atoms with Crippen molar-refractivity contribution in [1.29, 1.82) is 0 Å². The summed E-state index contributed by atoms with van der Waals surface area (Å²) in [6.45, 7) is 8.36. The fourth-order valence-electron chi connectivity index (χ4n) is 3.04. The van der Waals surface area contributed by atoms with Crippen LogP contribution in [0.25, 0.3) is 11.4 Å². The van der Waals surface area contributed by atoms with Crippen molar-refractivity contribution in [1.82, 2.24) is 15.3 Å². The average Bonchev–Trinajstić information content (AvgIpc) is 2.84. The van der Waals surface area contributed by atoms with Crippen molar-refractivity contribution in [3.05, 3.63) is 40.5 Å². The van der Waals surface area contributed by atoms with Crippen molar-refractivity contribution in [3.63, 3.8) is 0 Å². The number of hydrogen-bond donors (Lipinski definition) is 1. The first-order chi connectivity index (χ1) is 11.2. The fraction of sp³-hybridized carbons (Fsp3) is 0.444. The van der Waals surface area contributed by atoms with Gasteiger partial charge in [0.1, 0.15) is 5.82 Å². The van der Waals surface area contributed by atoms with Crippen LogP contribution in [0, 0.1) is 6.92 Å². The Balaban J connectivity index is 2.04. The number of benzene rings is 1. The van der Waals surface area contributed by atoms with Crippen LogP contribution in [-0.4, -0.2) is 36.1 Å². The Morgan fingerprint density at radius 3 is 2.65 bits per heavy atom. The highest BCUT2D eigenvalue weighted by Crippen LogP contribution is 2.26. The van der Waals surface area contributed by atoms with Gasteiger partial charge in [-0.05, 0) is 50.6 Å². The lowest BCUT2D eigenvalue weighted by atomic mass is 10.1. The lowest BCUT2D eigenvalue weighted by molar-refractivity contribution is 0.724. The Morgan fingerprint density at radius 1 is 1.13 bits per heavy atom. The molecule has 0 atom stereocenters. The van der Waals surface area contributed by atoms with Crippen LogP contribution in [0.1, 0.15) is 24.6 Å². The highest BCUT2D eigenvalue weighted by atomic mass is 35.5. The standard InChI is InChI=1S/C18H23ClN4/c1-3-16-13(2)21-17(14-5-7-15(19)8-6-14)22-18(16)23-11-4-9-20-10-12-23/h5-8,20H,3-4,9-12H2,1-2H3. The maximum Gasteiger partial charge on any atom is 0.161 e. The summed E-state index contributed by atoms with van der Waals surface area (Å²) in [5.41, 5.74) is 3.33. The summed E-state index contributed by atoms with van der Waals surface area (Å²) in [6, 6.07) is 7.74. The molecular formula is C18H23ClN4. The van der Waals surface area contributed by atoms with Gasteiger partial charge in [0.25, 0.3) is 0 Å². The molecule has 2 heterocycles. The van der Waals surface area contributed by atoms with Crippen molar-refractivity contribution in [3.8, 4) is 11.4 Å². The van der Waals surface area contributed by atoms with Crippen molar-refractivity contribution in [2.45, 2.75) is 26.7 Å². The van der Waals surface area contributed by atoms with Gasteiger partial charge in [-0.25, -0.2) is 9.97 Å². The van der Waals surface area contributed by atoms with E-state index in [1.807, 2.05) is 24.3 Å². The molecule has 0 radical (unpaired) electrons. The average molecular weight is 331 g/mol. The van der Waals surface area contributed by atoms with Gasteiger partial charge in [-0.15, -0.1) is 0 Å². The summed E-state index contributed by atoms with van der Waals surface area (Å²) in [7, 11) is 0. The maximum atomic E-state index is 5.99. The van der Waals surface area contributed by atoms with Crippen molar-refractivity contribution >= 4 is 17.4 Å². The predicted molar refractivity (Wildman–Crippen MR) is 96.3 cm³/mol. The minimum absolute atomic E-state index is 0.731. The van der Waals surface area contributed by atoms with Gasteiger partial charge in [0, 0.05) is 41.5 Å². The summed E-state index contributed by atoms with van der Waals surface area (Å²) in [6.07, 6.45) is 2.09. The third kappa shape index (κ3) is 3.65. The maximum absolute atomic E-state index is 5.99. The van der Waals surface area contributed by atoms with E-state index < -0.39 is 0 Å². The smallest absolute Gasteiger partial charge is 0.161 e. The van der Waals surface area contributed by atoms with E-state index in [9.17, 15) is 0 Å². The molecule has 1 saturated heterocycles. The zero-order valence-corrected chi connectivity index (χ0v) is 14.5. The lowest BCUT2D eigenvalue weighted by Crippen LogP contribution is -2.30. The van der Waals surface area contributed by atoms with Crippen LogP contribution in [0.3, 0.4) is 0 Å². The van der Waals surface area contributed by atoms with Gasteiger partial charge in [0.2, 0.25) is 0 Å². The highest BCUT2D eigenvalue weighted by molar-refractivity contribution is 6.30. The number of aryl methyl sites for hydroxylation is 1. The number of nitrogens with zero attached hydrogens (tertiary/aromatic N) is 3. The Labute approximate surface area is 142 Å². The van der Waals surface area contributed by atoms with Crippen LogP contribution in [0.5, 0.6) is 0 Å². The number of nitrogens with one attached hydrogen (secondary N) is 1. The largest absolute Gasteiger partial charge is 0.355 e. The number of rotatable bonds is 3. The van der Waals surface area contributed by atoms with E-state index in [0.717, 1.165) is 66.9 Å². The molecule has 0 amide bonds. The van der Waals surface area contributed by atoms with Crippen LogP contribution in [0.2, 0.25) is 5.02 Å². The molecule has 1 aliphatic rings. The molecule has 2 aromatic rings. The Morgan fingerprint density at radius 2 is 1.91 bits per heavy atom. The third-order valence-corrected chi connectivity index (χ3v) is 4.54. The van der Waals surface area contributed by atoms with Gasteiger partial charge in [0.05, 0.1) is 0 Å². The van der Waals surface area contributed by atoms with Crippen molar-refractivity contribution < 1.29 is 0 Å². The summed E-state index contributed by atoms with van der Waals surface area (Å²) < 4.78 is 0. The van der Waals surface area contributed by atoms with E-state index in [4.69, 9.17) is 21.6 Å². The summed E-state index contributed by atoms with van der Waals surface area (Å²) in [4.78, 5) is 12.0. The van der Waals surface area contributed by atoms with Gasteiger partial charge in [-0.3, -0.25) is 0 Å². The molecule has 3 rings (SSSR count). The first-order valence-corrected chi connectivity index (χ1v) is 8.66. The minimum atomic E-state index is 0.731. The summed E-state index contributed by atoms with van der Waals surface area (Å²) >= 11 is 5.99. The molecule has 0 spiro atoms. The van der Waals surface area contributed by atoms with E-state index in [-0.39, 0.29) is 0 Å². The minimum Gasteiger partial charge on any atom is -0.355 e. The first-order valence-electron chi connectivity index (χ1n) is 8.28. The van der Waals surface area contributed by atoms with Crippen LogP contribution in [0.4, 0.5) is 5.82 Å². The molecule has 4 nitrogen and oxygen atoms in total. The van der Waals surface area contributed by atoms with Gasteiger partial charge >= 0.3 is 0 Å². The van der Waals surface area contributed by atoms with Crippen LogP contribution < -0.4 is 10.2 Å². The zero-order chi connectivity index (χ0) is 16.2. The number of anilines is 1. The molecule has 5 heteroatoms. The fourth-order valence-corrected chi connectivity index (χ4v) is 3.17.